The highest BCUT2D eigenvalue weighted by atomic mass is 16.2. The topological polar surface area (TPSA) is 121 Å². The lowest BCUT2D eigenvalue weighted by molar-refractivity contribution is 0.0943. The summed E-state index contributed by atoms with van der Waals surface area (Å²) in [7, 11) is 1.86. The van der Waals surface area contributed by atoms with Gasteiger partial charge in [-0.1, -0.05) is 0 Å². The van der Waals surface area contributed by atoms with Gasteiger partial charge in [-0.05, 0) is 50.3 Å². The number of amides is 2. The van der Waals surface area contributed by atoms with E-state index in [1.54, 1.807) is 36.1 Å². The minimum atomic E-state index is -0.315. The molecule has 2 aliphatic rings. The molecule has 1 saturated carbocycles. The van der Waals surface area contributed by atoms with Gasteiger partial charge in [-0.3, -0.25) is 24.2 Å². The molecule has 2 atom stereocenters. The summed E-state index contributed by atoms with van der Waals surface area (Å²) in [4.78, 5) is 40.3. The predicted molar refractivity (Wildman–Crippen MR) is 140 cm³/mol. The average molecular weight is 499 g/mol. The van der Waals surface area contributed by atoms with Crippen LogP contribution in [0.5, 0.6) is 0 Å². The third-order valence-corrected chi connectivity index (χ3v) is 7.55. The number of hydrogen-bond donors (Lipinski definition) is 3. The van der Waals surface area contributed by atoms with Crippen LogP contribution in [0.4, 0.5) is 5.69 Å². The summed E-state index contributed by atoms with van der Waals surface area (Å²) in [6.07, 6.45) is 10.7. The lowest BCUT2D eigenvalue weighted by Gasteiger charge is -2.26. The quantitative estimate of drug-likeness (QED) is 0.360. The zero-order valence-corrected chi connectivity index (χ0v) is 21.0. The van der Waals surface area contributed by atoms with E-state index in [9.17, 15) is 9.59 Å². The van der Waals surface area contributed by atoms with E-state index < -0.39 is 0 Å². The van der Waals surface area contributed by atoms with Gasteiger partial charge >= 0.3 is 0 Å². The molecule has 190 valence electrons. The molecule has 5 heterocycles. The van der Waals surface area contributed by atoms with Crippen molar-refractivity contribution >= 4 is 28.5 Å². The highest BCUT2D eigenvalue weighted by Gasteiger charge is 2.37. The van der Waals surface area contributed by atoms with Crippen molar-refractivity contribution in [1.29, 1.82) is 0 Å². The molecule has 1 aliphatic heterocycles. The molecule has 1 saturated heterocycles. The van der Waals surface area contributed by atoms with Crippen LogP contribution in [0.3, 0.4) is 0 Å². The van der Waals surface area contributed by atoms with Gasteiger partial charge in [0, 0.05) is 62.3 Å². The average Bonchev–Trinajstić information content (AvgIpc) is 3.69. The van der Waals surface area contributed by atoms with Gasteiger partial charge < -0.3 is 15.6 Å². The number of aromatic nitrogens is 5. The predicted octanol–water partition coefficient (Wildman–Crippen LogP) is 3.13. The number of carbonyl (C=O) groups is 2. The van der Waals surface area contributed by atoms with Crippen molar-refractivity contribution in [2.75, 3.05) is 25.0 Å². The molecule has 0 aromatic carbocycles. The fourth-order valence-electron chi connectivity index (χ4n) is 5.55. The Kier molecular flexibility index (Phi) is 5.96. The molecule has 4 aromatic rings. The summed E-state index contributed by atoms with van der Waals surface area (Å²) in [5, 5.41) is 10.9. The third-order valence-electron chi connectivity index (χ3n) is 7.55. The standard InChI is InChI=1S/C27H30N8O2/c1-16-23(10-20(11-29-16)26(36)28-5-6-35-14-17-3-4-22(35)7-17)33-27(37)19-8-18-9-24(32-25(18)30-12-19)21-13-31-34(2)15-21/h8-13,15,17,22H,3-7,14H2,1-2H3,(H,28,36)(H,30,32)(H,33,37)/t17-,22+/m0/s1. The minimum Gasteiger partial charge on any atom is -0.351 e. The van der Waals surface area contributed by atoms with Crippen molar-refractivity contribution in [3.8, 4) is 11.3 Å². The molecule has 10 nitrogen and oxygen atoms in total. The number of hydrogen-bond acceptors (Lipinski definition) is 6. The Morgan fingerprint density at radius 1 is 1.08 bits per heavy atom. The fraction of sp³-hybridized carbons (Fsp3) is 0.370. The molecule has 0 unspecified atom stereocenters. The molecule has 4 aromatic heterocycles. The number of anilines is 1. The number of nitrogens with one attached hydrogen (secondary N) is 3. The van der Waals surface area contributed by atoms with Crippen LogP contribution in [-0.4, -0.2) is 67.1 Å². The van der Waals surface area contributed by atoms with Gasteiger partial charge in [0.2, 0.25) is 0 Å². The third kappa shape index (κ3) is 4.72. The maximum absolute atomic E-state index is 13.0. The fourth-order valence-corrected chi connectivity index (χ4v) is 5.55. The van der Waals surface area contributed by atoms with Crippen LogP contribution in [-0.2, 0) is 7.05 Å². The van der Waals surface area contributed by atoms with Crippen LogP contribution < -0.4 is 10.6 Å². The first kappa shape index (κ1) is 23.4. The Balaban J connectivity index is 1.11. The summed E-state index contributed by atoms with van der Waals surface area (Å²) in [5.41, 5.74) is 4.48. The monoisotopic (exact) mass is 498 g/mol. The van der Waals surface area contributed by atoms with Crippen molar-refractivity contribution in [3.05, 3.63) is 59.8 Å². The van der Waals surface area contributed by atoms with Gasteiger partial charge in [0.15, 0.2) is 0 Å². The van der Waals surface area contributed by atoms with E-state index in [4.69, 9.17) is 0 Å². The highest BCUT2D eigenvalue weighted by molar-refractivity contribution is 6.06. The first-order chi connectivity index (χ1) is 17.9. The lowest BCUT2D eigenvalue weighted by Crippen LogP contribution is -2.39. The number of likely N-dealkylation sites (tertiary alicyclic amines) is 1. The van der Waals surface area contributed by atoms with Gasteiger partial charge in [0.25, 0.3) is 11.8 Å². The number of nitrogens with zero attached hydrogens (tertiary/aromatic N) is 5. The maximum Gasteiger partial charge on any atom is 0.257 e. The first-order valence-corrected chi connectivity index (χ1v) is 12.7. The molecule has 1 aliphatic carbocycles. The summed E-state index contributed by atoms with van der Waals surface area (Å²) in [6.45, 7) is 4.42. The van der Waals surface area contributed by atoms with E-state index >= 15 is 0 Å². The largest absolute Gasteiger partial charge is 0.351 e. The molecular formula is C27H30N8O2. The Labute approximate surface area is 214 Å². The first-order valence-electron chi connectivity index (χ1n) is 12.7. The Morgan fingerprint density at radius 2 is 1.92 bits per heavy atom. The maximum atomic E-state index is 13.0. The summed E-state index contributed by atoms with van der Waals surface area (Å²) < 4.78 is 1.73. The molecule has 2 fully saturated rings. The normalized spacial score (nSPS) is 19.0. The van der Waals surface area contributed by atoms with Crippen LogP contribution in [0.15, 0.2) is 43.0 Å². The summed E-state index contributed by atoms with van der Waals surface area (Å²) in [6, 6.07) is 6.10. The van der Waals surface area contributed by atoms with Crippen LogP contribution in [0, 0.1) is 12.8 Å². The van der Waals surface area contributed by atoms with Gasteiger partial charge in [-0.2, -0.15) is 5.10 Å². The molecular weight excluding hydrogens is 468 g/mol. The molecule has 0 spiro atoms. The minimum absolute atomic E-state index is 0.189. The van der Waals surface area contributed by atoms with Crippen molar-refractivity contribution in [3.63, 3.8) is 0 Å². The number of aromatic amines is 1. The second-order valence-electron chi connectivity index (χ2n) is 10.1. The van der Waals surface area contributed by atoms with Crippen LogP contribution in [0.1, 0.15) is 45.7 Å². The summed E-state index contributed by atoms with van der Waals surface area (Å²) >= 11 is 0. The molecule has 3 N–H and O–H groups in total. The Morgan fingerprint density at radius 3 is 2.68 bits per heavy atom. The van der Waals surface area contributed by atoms with Gasteiger partial charge in [-0.25, -0.2) is 4.98 Å². The van der Waals surface area contributed by atoms with E-state index in [0.29, 0.717) is 40.7 Å². The van der Waals surface area contributed by atoms with E-state index in [0.717, 1.165) is 35.7 Å². The zero-order chi connectivity index (χ0) is 25.5. The van der Waals surface area contributed by atoms with Gasteiger partial charge in [0.05, 0.1) is 34.4 Å². The van der Waals surface area contributed by atoms with Crippen LogP contribution in [0.25, 0.3) is 22.3 Å². The molecule has 37 heavy (non-hydrogen) atoms. The van der Waals surface area contributed by atoms with Crippen molar-refractivity contribution < 1.29 is 9.59 Å². The number of carbonyl (C=O) groups excluding carboxylic acids is 2. The number of rotatable bonds is 7. The smallest absolute Gasteiger partial charge is 0.257 e. The summed E-state index contributed by atoms with van der Waals surface area (Å²) in [5.74, 6) is 0.334. The SMILES string of the molecule is Cc1ncc(C(=O)NCCN2C[C@H]3CC[C@@H]2C3)cc1NC(=O)c1cnc2[nH]c(-c3cnn(C)c3)cc2c1. The van der Waals surface area contributed by atoms with Crippen molar-refractivity contribution in [1.82, 2.24) is 34.9 Å². The molecule has 6 rings (SSSR count). The molecule has 2 amide bonds. The number of pyridine rings is 2. The number of piperidine rings is 1. The lowest BCUT2D eigenvalue weighted by atomic mass is 10.1. The molecule has 10 heteroatoms. The van der Waals surface area contributed by atoms with Crippen LogP contribution >= 0.6 is 0 Å². The van der Waals surface area contributed by atoms with Crippen molar-refractivity contribution in [2.45, 2.75) is 32.2 Å². The second kappa shape index (κ2) is 9.44. The Hall–Kier alpha value is -4.05. The van der Waals surface area contributed by atoms with E-state index in [-0.39, 0.29) is 11.8 Å². The van der Waals surface area contributed by atoms with Crippen LogP contribution in [0.2, 0.25) is 0 Å². The second-order valence-corrected chi connectivity index (χ2v) is 10.1. The number of aryl methyl sites for hydroxylation is 2. The van der Waals surface area contributed by atoms with E-state index in [2.05, 4.69) is 35.6 Å². The van der Waals surface area contributed by atoms with E-state index in [1.807, 2.05) is 19.3 Å². The molecule has 0 radical (unpaired) electrons. The van der Waals surface area contributed by atoms with Gasteiger partial charge in [0.1, 0.15) is 5.65 Å². The zero-order valence-electron chi connectivity index (χ0n) is 21.0. The van der Waals surface area contributed by atoms with Gasteiger partial charge in [-0.15, -0.1) is 0 Å². The number of fused-ring (bicyclic) bond motifs is 3. The van der Waals surface area contributed by atoms with E-state index in [1.165, 1.54) is 25.5 Å². The number of H-pyrrole nitrogens is 1. The van der Waals surface area contributed by atoms with Crippen molar-refractivity contribution in [2.24, 2.45) is 13.0 Å². The molecule has 2 bridgehead atoms. The Bertz CT molecular complexity index is 1490. The highest BCUT2D eigenvalue weighted by Crippen LogP contribution is 2.36.